The Morgan fingerprint density at radius 1 is 1.09 bits per heavy atom. The summed E-state index contributed by atoms with van der Waals surface area (Å²) in [6, 6.07) is 18.3. The van der Waals surface area contributed by atoms with Gasteiger partial charge in [0.25, 0.3) is 0 Å². The summed E-state index contributed by atoms with van der Waals surface area (Å²) in [6.45, 7) is 7.34. The average molecular weight is 484 g/mol. The molecule has 0 saturated carbocycles. The van der Waals surface area contributed by atoms with Crippen molar-refractivity contribution in [2.24, 2.45) is 0 Å². The number of benzene rings is 2. The number of amides is 1. The fourth-order valence-corrected chi connectivity index (χ4v) is 4.84. The zero-order valence-electron chi connectivity index (χ0n) is 18.9. The van der Waals surface area contributed by atoms with E-state index in [0.717, 1.165) is 49.1 Å². The van der Waals surface area contributed by atoms with Crippen LogP contribution in [0.15, 0.2) is 65.4 Å². The highest BCUT2D eigenvalue weighted by Gasteiger charge is 2.18. The minimum absolute atomic E-state index is 0.0227. The van der Waals surface area contributed by atoms with Gasteiger partial charge in [0, 0.05) is 43.4 Å². The van der Waals surface area contributed by atoms with E-state index in [4.69, 9.17) is 16.3 Å². The van der Waals surface area contributed by atoms with Crippen LogP contribution in [-0.2, 0) is 17.8 Å². The summed E-state index contributed by atoms with van der Waals surface area (Å²) in [6.07, 6.45) is 0.309. The Morgan fingerprint density at radius 2 is 1.91 bits per heavy atom. The predicted molar refractivity (Wildman–Crippen MR) is 137 cm³/mol. The third-order valence-corrected chi connectivity index (χ3v) is 6.69. The zero-order valence-corrected chi connectivity index (χ0v) is 20.4. The van der Waals surface area contributed by atoms with Gasteiger partial charge in [-0.05, 0) is 65.2 Å². The van der Waals surface area contributed by atoms with E-state index in [1.54, 1.807) is 11.3 Å². The van der Waals surface area contributed by atoms with Gasteiger partial charge in [-0.2, -0.15) is 11.3 Å². The first-order valence-electron chi connectivity index (χ1n) is 11.3. The van der Waals surface area contributed by atoms with Crippen LogP contribution in [0.5, 0.6) is 5.75 Å². The topological polar surface area (TPSA) is 44.8 Å². The van der Waals surface area contributed by atoms with Gasteiger partial charge >= 0.3 is 0 Å². The fourth-order valence-electron chi connectivity index (χ4n) is 3.99. The summed E-state index contributed by atoms with van der Waals surface area (Å²) >= 11 is 7.75. The number of hydrogen-bond acceptors (Lipinski definition) is 5. The molecule has 2 aromatic carbocycles. The maximum Gasteiger partial charge on any atom is 0.224 e. The molecule has 1 fully saturated rings. The van der Waals surface area contributed by atoms with Crippen LogP contribution >= 0.6 is 22.9 Å². The Hall–Kier alpha value is -2.54. The normalized spacial score (nSPS) is 15.3. The van der Waals surface area contributed by atoms with Crippen LogP contribution in [0.25, 0.3) is 0 Å². The lowest BCUT2D eigenvalue weighted by Crippen LogP contribution is -2.45. The summed E-state index contributed by atoms with van der Waals surface area (Å²) in [5, 5.41) is 7.73. The number of anilines is 1. The van der Waals surface area contributed by atoms with E-state index in [0.29, 0.717) is 13.0 Å². The summed E-state index contributed by atoms with van der Waals surface area (Å²) in [5.41, 5.74) is 3.47. The summed E-state index contributed by atoms with van der Waals surface area (Å²) in [5.74, 6) is 0.860. The molecule has 1 N–H and O–H groups in total. The lowest BCUT2D eigenvalue weighted by molar-refractivity contribution is -0.120. The molecule has 3 aromatic rings. The van der Waals surface area contributed by atoms with E-state index >= 15 is 0 Å². The highest BCUT2D eigenvalue weighted by Crippen LogP contribution is 2.22. The lowest BCUT2D eigenvalue weighted by atomic mass is 10.1. The van der Waals surface area contributed by atoms with Gasteiger partial charge in [-0.15, -0.1) is 0 Å². The van der Waals surface area contributed by atoms with Gasteiger partial charge in [0.05, 0.1) is 13.0 Å². The maximum atomic E-state index is 12.1. The second-order valence-corrected chi connectivity index (χ2v) is 9.65. The third kappa shape index (κ3) is 7.22. The SMILES string of the molecule is C[C@H](CNC(=O)Cc1ccsc1)Oc1cccc(CN2CCN(c3cccc(Cl)c3)CC2)c1. The van der Waals surface area contributed by atoms with Gasteiger partial charge in [0.2, 0.25) is 5.91 Å². The number of thiophene rings is 1. The molecule has 7 heteroatoms. The van der Waals surface area contributed by atoms with E-state index in [1.165, 1.54) is 11.3 Å². The van der Waals surface area contributed by atoms with Gasteiger partial charge < -0.3 is 15.0 Å². The number of rotatable bonds is 9. The predicted octanol–water partition coefficient (Wildman–Crippen LogP) is 4.85. The molecule has 4 rings (SSSR count). The summed E-state index contributed by atoms with van der Waals surface area (Å²) in [4.78, 5) is 16.9. The molecule has 1 aromatic heterocycles. The van der Waals surface area contributed by atoms with E-state index < -0.39 is 0 Å². The highest BCUT2D eigenvalue weighted by atomic mass is 35.5. The van der Waals surface area contributed by atoms with E-state index in [9.17, 15) is 4.79 Å². The third-order valence-electron chi connectivity index (χ3n) is 5.72. The van der Waals surface area contributed by atoms with Crippen LogP contribution in [0, 0.1) is 0 Å². The number of nitrogens with one attached hydrogen (secondary N) is 1. The van der Waals surface area contributed by atoms with Gasteiger partial charge in [0.1, 0.15) is 11.9 Å². The highest BCUT2D eigenvalue weighted by molar-refractivity contribution is 7.08. The maximum absolute atomic E-state index is 12.1. The van der Waals surface area contributed by atoms with Crippen LogP contribution in [0.4, 0.5) is 5.69 Å². The number of nitrogens with zero attached hydrogens (tertiary/aromatic N) is 2. The smallest absolute Gasteiger partial charge is 0.224 e. The quantitative estimate of drug-likeness (QED) is 0.472. The van der Waals surface area contributed by atoms with Crippen molar-refractivity contribution in [2.75, 3.05) is 37.6 Å². The molecule has 33 heavy (non-hydrogen) atoms. The number of ether oxygens (including phenoxy) is 1. The molecule has 1 saturated heterocycles. The van der Waals surface area contributed by atoms with Gasteiger partial charge in [0.15, 0.2) is 0 Å². The Morgan fingerprint density at radius 3 is 2.67 bits per heavy atom. The van der Waals surface area contributed by atoms with Gasteiger partial charge in [-0.25, -0.2) is 0 Å². The van der Waals surface area contributed by atoms with Crippen molar-refractivity contribution < 1.29 is 9.53 Å². The van der Waals surface area contributed by atoms with Gasteiger partial charge in [-0.1, -0.05) is 29.8 Å². The largest absolute Gasteiger partial charge is 0.489 e. The molecule has 2 heterocycles. The van der Waals surface area contributed by atoms with Crippen molar-refractivity contribution in [3.63, 3.8) is 0 Å². The van der Waals surface area contributed by atoms with Crippen molar-refractivity contribution >= 4 is 34.5 Å². The molecule has 1 atom stereocenters. The first-order chi connectivity index (χ1) is 16.0. The second-order valence-electron chi connectivity index (χ2n) is 8.43. The molecule has 0 unspecified atom stereocenters. The molecule has 0 bridgehead atoms. The first-order valence-corrected chi connectivity index (χ1v) is 12.6. The number of piperazine rings is 1. The molecule has 0 radical (unpaired) electrons. The molecular formula is C26H30ClN3O2S. The van der Waals surface area contributed by atoms with E-state index in [1.807, 2.05) is 54.1 Å². The van der Waals surface area contributed by atoms with Crippen LogP contribution in [0.1, 0.15) is 18.1 Å². The molecule has 1 aliphatic rings. The number of carbonyl (C=O) groups excluding carboxylic acids is 1. The first kappa shape index (κ1) is 23.6. The van der Waals surface area contributed by atoms with Crippen molar-refractivity contribution in [3.05, 3.63) is 81.5 Å². The number of carbonyl (C=O) groups is 1. The Labute approximate surface area is 204 Å². The standard InChI is InChI=1S/C26H30ClN3O2S/c1-20(17-28-26(31)15-22-8-13-33-19-22)32-25-7-2-4-21(14-25)18-29-9-11-30(12-10-29)24-6-3-5-23(27)16-24/h2-8,13-14,16,19-20H,9-12,15,17-18H2,1H3,(H,28,31)/t20-/m1/s1. The second kappa shape index (κ2) is 11.5. The lowest BCUT2D eigenvalue weighted by Gasteiger charge is -2.36. The van der Waals surface area contributed by atoms with Crippen molar-refractivity contribution in [2.45, 2.75) is 26.0 Å². The molecule has 0 aliphatic carbocycles. The van der Waals surface area contributed by atoms with Crippen LogP contribution in [-0.4, -0.2) is 49.6 Å². The Balaban J connectivity index is 1.22. The van der Waals surface area contributed by atoms with Crippen molar-refractivity contribution in [3.8, 4) is 5.75 Å². The Bertz CT molecular complexity index is 1040. The number of hydrogen-bond donors (Lipinski definition) is 1. The van der Waals surface area contributed by atoms with Crippen LogP contribution < -0.4 is 15.0 Å². The average Bonchev–Trinajstić information content (AvgIpc) is 3.31. The fraction of sp³-hybridized carbons (Fsp3) is 0.346. The molecule has 1 aliphatic heterocycles. The molecule has 0 spiro atoms. The summed E-state index contributed by atoms with van der Waals surface area (Å²) < 4.78 is 6.06. The van der Waals surface area contributed by atoms with Crippen LogP contribution in [0.3, 0.4) is 0 Å². The zero-order chi connectivity index (χ0) is 23.0. The molecule has 5 nitrogen and oxygen atoms in total. The van der Waals surface area contributed by atoms with Gasteiger partial charge in [-0.3, -0.25) is 9.69 Å². The summed E-state index contributed by atoms with van der Waals surface area (Å²) in [7, 11) is 0. The Kier molecular flexibility index (Phi) is 8.26. The van der Waals surface area contributed by atoms with Crippen LogP contribution in [0.2, 0.25) is 5.02 Å². The molecular weight excluding hydrogens is 454 g/mol. The van der Waals surface area contributed by atoms with E-state index in [2.05, 4.69) is 33.3 Å². The minimum Gasteiger partial charge on any atom is -0.489 e. The minimum atomic E-state index is -0.104. The van der Waals surface area contributed by atoms with Crippen molar-refractivity contribution in [1.82, 2.24) is 10.2 Å². The van der Waals surface area contributed by atoms with Crippen molar-refractivity contribution in [1.29, 1.82) is 0 Å². The molecule has 174 valence electrons. The van der Waals surface area contributed by atoms with E-state index in [-0.39, 0.29) is 12.0 Å². The monoisotopic (exact) mass is 483 g/mol. The number of halogens is 1. The molecule has 1 amide bonds.